The quantitative estimate of drug-likeness (QED) is 0.535. The van der Waals surface area contributed by atoms with Gasteiger partial charge in [-0.15, -0.1) is 0 Å². The van der Waals surface area contributed by atoms with E-state index in [4.69, 9.17) is 22.1 Å². The molecule has 0 aliphatic carbocycles. The highest BCUT2D eigenvalue weighted by molar-refractivity contribution is 6.31. The van der Waals surface area contributed by atoms with Crippen LogP contribution in [0.25, 0.3) is 0 Å². The predicted octanol–water partition coefficient (Wildman–Crippen LogP) is 1.53. The highest BCUT2D eigenvalue weighted by Gasteiger charge is 2.70. The molecule has 0 saturated carbocycles. The first-order valence-corrected chi connectivity index (χ1v) is 11.3. The molecule has 9 nitrogen and oxygen atoms in total. The molecule has 2 fully saturated rings. The van der Waals surface area contributed by atoms with Crippen LogP contribution in [0.2, 0.25) is 5.02 Å². The smallest absolute Gasteiger partial charge is 0.250 e. The summed E-state index contributed by atoms with van der Waals surface area (Å²) in [6.45, 7) is 0.0112. The first kappa shape index (κ1) is 22.4. The van der Waals surface area contributed by atoms with Crippen molar-refractivity contribution < 1.29 is 23.9 Å². The minimum atomic E-state index is -1.48. The Hall–Kier alpha value is -3.43. The van der Waals surface area contributed by atoms with Gasteiger partial charge in [0, 0.05) is 34.3 Å². The average molecular weight is 483 g/mol. The summed E-state index contributed by atoms with van der Waals surface area (Å²) in [5.41, 5.74) is 5.59. The second-order valence-corrected chi connectivity index (χ2v) is 9.22. The third-order valence-corrected chi connectivity index (χ3v) is 7.23. The molecule has 3 aliphatic heterocycles. The molecule has 1 spiro atoms. The number of hydrogen-bond acceptors (Lipinski definition) is 6. The highest BCUT2D eigenvalue weighted by Crippen LogP contribution is 2.54. The largest absolute Gasteiger partial charge is 0.496 e. The maximum absolute atomic E-state index is 13.8. The van der Waals surface area contributed by atoms with Crippen molar-refractivity contribution in [1.29, 1.82) is 0 Å². The van der Waals surface area contributed by atoms with Gasteiger partial charge in [0.1, 0.15) is 11.3 Å². The lowest BCUT2D eigenvalue weighted by Crippen LogP contribution is -2.53. The average Bonchev–Trinajstić information content (AvgIpc) is 3.39. The number of rotatable bonds is 6. The molecular formula is C24H23ClN4O5. The number of imide groups is 1. The standard InChI is InChI=1S/C24H23ClN4O5/c1-34-17-5-3-2-4-12(17)11-29-21(31)19-16(8-9-18(26)30)28-24(20(19)22(29)32)14-10-13(25)6-7-15(14)27-23(24)33/h2-7,10,16,19-20,28H,8-9,11H2,1H3,(H2,26,30)(H,27,33). The van der Waals surface area contributed by atoms with E-state index >= 15 is 0 Å². The van der Waals surface area contributed by atoms with Crippen LogP contribution in [0.1, 0.15) is 24.0 Å². The summed E-state index contributed by atoms with van der Waals surface area (Å²) < 4.78 is 5.38. The number of carbonyl (C=O) groups is 4. The number of nitrogens with two attached hydrogens (primary N) is 1. The fourth-order valence-electron chi connectivity index (χ4n) is 5.54. The van der Waals surface area contributed by atoms with Gasteiger partial charge in [-0.1, -0.05) is 29.8 Å². The number of amides is 4. The molecule has 3 aliphatic rings. The maximum atomic E-state index is 13.8. The SMILES string of the molecule is COc1ccccc1CN1C(=O)C2C(CCC(N)=O)NC3(C(=O)Nc4ccc(Cl)cc43)C2C1=O. The molecule has 34 heavy (non-hydrogen) atoms. The molecule has 0 radical (unpaired) electrons. The highest BCUT2D eigenvalue weighted by atomic mass is 35.5. The minimum Gasteiger partial charge on any atom is -0.496 e. The Kier molecular flexibility index (Phi) is 5.33. The van der Waals surface area contributed by atoms with Crippen molar-refractivity contribution in [3.8, 4) is 5.75 Å². The molecule has 176 valence electrons. The van der Waals surface area contributed by atoms with E-state index in [9.17, 15) is 19.2 Å². The molecule has 2 saturated heterocycles. The van der Waals surface area contributed by atoms with E-state index in [1.165, 1.54) is 12.0 Å². The Bertz CT molecular complexity index is 1230. The lowest BCUT2D eigenvalue weighted by molar-refractivity contribution is -0.143. The molecule has 2 aromatic carbocycles. The number of hydrogen-bond donors (Lipinski definition) is 3. The number of carbonyl (C=O) groups excluding carboxylic acids is 4. The number of nitrogens with zero attached hydrogens (tertiary/aromatic N) is 1. The van der Waals surface area contributed by atoms with E-state index in [0.29, 0.717) is 27.6 Å². The van der Waals surface area contributed by atoms with Crippen LogP contribution >= 0.6 is 11.6 Å². The summed E-state index contributed by atoms with van der Waals surface area (Å²) in [5, 5.41) is 6.47. The fourth-order valence-corrected chi connectivity index (χ4v) is 5.71. The van der Waals surface area contributed by atoms with E-state index in [0.717, 1.165) is 0 Å². The molecule has 3 heterocycles. The minimum absolute atomic E-state index is 0.00890. The molecule has 4 atom stereocenters. The summed E-state index contributed by atoms with van der Waals surface area (Å²) in [6.07, 6.45) is 0.220. The van der Waals surface area contributed by atoms with Crippen molar-refractivity contribution in [3.63, 3.8) is 0 Å². The Morgan fingerprint density at radius 3 is 2.68 bits per heavy atom. The van der Waals surface area contributed by atoms with Gasteiger partial charge in [0.2, 0.25) is 23.6 Å². The number of primary amides is 1. The lowest BCUT2D eigenvalue weighted by Gasteiger charge is -2.29. The van der Waals surface area contributed by atoms with E-state index in [-0.39, 0.29) is 19.4 Å². The predicted molar refractivity (Wildman–Crippen MR) is 123 cm³/mol. The summed E-state index contributed by atoms with van der Waals surface area (Å²) in [5.74, 6) is -3.09. The Morgan fingerprint density at radius 2 is 1.94 bits per heavy atom. The van der Waals surface area contributed by atoms with Crippen molar-refractivity contribution in [2.75, 3.05) is 12.4 Å². The molecule has 2 aromatic rings. The van der Waals surface area contributed by atoms with Crippen LogP contribution in [0.15, 0.2) is 42.5 Å². The van der Waals surface area contributed by atoms with Gasteiger partial charge in [-0.3, -0.25) is 29.4 Å². The lowest BCUT2D eigenvalue weighted by atomic mass is 9.76. The van der Waals surface area contributed by atoms with Crippen LogP contribution in [-0.2, 0) is 31.3 Å². The third kappa shape index (κ3) is 3.19. The van der Waals surface area contributed by atoms with Crippen LogP contribution in [0, 0.1) is 11.8 Å². The first-order valence-electron chi connectivity index (χ1n) is 10.9. The number of nitrogens with one attached hydrogen (secondary N) is 2. The van der Waals surface area contributed by atoms with Gasteiger partial charge in [-0.2, -0.15) is 0 Å². The molecule has 10 heteroatoms. The number of ether oxygens (including phenoxy) is 1. The monoisotopic (exact) mass is 482 g/mol. The number of benzene rings is 2. The van der Waals surface area contributed by atoms with E-state index < -0.39 is 47.0 Å². The topological polar surface area (TPSA) is 131 Å². The van der Waals surface area contributed by atoms with Crippen molar-refractivity contribution in [1.82, 2.24) is 10.2 Å². The van der Waals surface area contributed by atoms with Gasteiger partial charge in [-0.05, 0) is 30.7 Å². The van der Waals surface area contributed by atoms with Gasteiger partial charge >= 0.3 is 0 Å². The van der Waals surface area contributed by atoms with Gasteiger partial charge in [0.05, 0.1) is 25.5 Å². The van der Waals surface area contributed by atoms with Crippen LogP contribution in [0.4, 0.5) is 5.69 Å². The molecule has 4 amide bonds. The van der Waals surface area contributed by atoms with Crippen molar-refractivity contribution in [2.45, 2.75) is 31.0 Å². The van der Waals surface area contributed by atoms with Gasteiger partial charge < -0.3 is 15.8 Å². The zero-order valence-electron chi connectivity index (χ0n) is 18.3. The number of likely N-dealkylation sites (tertiary alicyclic amines) is 1. The first-order chi connectivity index (χ1) is 16.3. The Balaban J connectivity index is 1.59. The molecule has 4 N–H and O–H groups in total. The van der Waals surface area contributed by atoms with Crippen LogP contribution < -0.4 is 21.1 Å². The van der Waals surface area contributed by atoms with Crippen molar-refractivity contribution in [3.05, 3.63) is 58.6 Å². The molecule has 5 rings (SSSR count). The van der Waals surface area contributed by atoms with Gasteiger partial charge in [0.25, 0.3) is 0 Å². The number of methoxy groups -OCH3 is 1. The molecule has 4 unspecified atom stereocenters. The zero-order valence-corrected chi connectivity index (χ0v) is 19.1. The van der Waals surface area contributed by atoms with Crippen LogP contribution in [0.5, 0.6) is 5.75 Å². The normalized spacial score (nSPS) is 27.2. The molecule has 0 bridgehead atoms. The second-order valence-electron chi connectivity index (χ2n) is 8.79. The molecular weight excluding hydrogens is 460 g/mol. The number of halogens is 1. The third-order valence-electron chi connectivity index (χ3n) is 6.99. The fraction of sp³-hybridized carbons (Fsp3) is 0.333. The number of anilines is 1. The van der Waals surface area contributed by atoms with Crippen LogP contribution in [-0.4, -0.2) is 41.7 Å². The summed E-state index contributed by atoms with van der Waals surface area (Å²) in [6, 6.07) is 11.5. The Labute approximate surface area is 200 Å². The van der Waals surface area contributed by atoms with Gasteiger partial charge in [-0.25, -0.2) is 0 Å². The van der Waals surface area contributed by atoms with Crippen LogP contribution in [0.3, 0.4) is 0 Å². The number of para-hydroxylation sites is 1. The van der Waals surface area contributed by atoms with Crippen molar-refractivity contribution >= 4 is 40.9 Å². The summed E-state index contributed by atoms with van der Waals surface area (Å²) in [4.78, 5) is 53.5. The molecule has 0 aromatic heterocycles. The summed E-state index contributed by atoms with van der Waals surface area (Å²) >= 11 is 6.24. The van der Waals surface area contributed by atoms with Crippen molar-refractivity contribution in [2.24, 2.45) is 17.6 Å². The van der Waals surface area contributed by atoms with E-state index in [1.54, 1.807) is 42.5 Å². The van der Waals surface area contributed by atoms with Gasteiger partial charge in [0.15, 0.2) is 0 Å². The van der Waals surface area contributed by atoms with E-state index in [2.05, 4.69) is 10.6 Å². The number of fused-ring (bicyclic) bond motifs is 4. The second kappa shape index (κ2) is 8.11. The Morgan fingerprint density at radius 1 is 1.18 bits per heavy atom. The van der Waals surface area contributed by atoms with E-state index in [1.807, 2.05) is 0 Å². The maximum Gasteiger partial charge on any atom is 0.250 e. The summed E-state index contributed by atoms with van der Waals surface area (Å²) in [7, 11) is 1.52. The zero-order chi connectivity index (χ0) is 24.2.